The minimum Gasteiger partial charge on any atom is -0.497 e. The highest BCUT2D eigenvalue weighted by atomic mass is 32.2. The molecule has 3 aromatic rings. The zero-order chi connectivity index (χ0) is 14.8. The van der Waals surface area contributed by atoms with Gasteiger partial charge in [0, 0.05) is 5.75 Å². The molecule has 4 heteroatoms. The van der Waals surface area contributed by atoms with E-state index in [4.69, 9.17) is 4.74 Å². The maximum Gasteiger partial charge on any atom is 0.166 e. The summed E-state index contributed by atoms with van der Waals surface area (Å²) >= 11 is 1.72. The molecule has 0 radical (unpaired) electrons. The first kappa shape index (κ1) is 14.0. The van der Waals surface area contributed by atoms with Crippen LogP contribution in [0.2, 0.25) is 0 Å². The molecule has 21 heavy (non-hydrogen) atoms. The van der Waals surface area contributed by atoms with E-state index in [9.17, 15) is 0 Å². The summed E-state index contributed by atoms with van der Waals surface area (Å²) in [5.74, 6) is 1.78. The summed E-state index contributed by atoms with van der Waals surface area (Å²) in [6.07, 6.45) is 0. The summed E-state index contributed by atoms with van der Waals surface area (Å²) in [5, 5.41) is 0.964. The third kappa shape index (κ3) is 3.05. The Labute approximate surface area is 128 Å². The third-order valence-electron chi connectivity index (χ3n) is 3.61. The van der Waals surface area contributed by atoms with Crippen molar-refractivity contribution in [3.05, 3.63) is 53.1 Å². The van der Waals surface area contributed by atoms with E-state index in [2.05, 4.69) is 48.1 Å². The Balaban J connectivity index is 1.75. The van der Waals surface area contributed by atoms with Crippen molar-refractivity contribution in [2.45, 2.75) is 24.8 Å². The molecule has 0 atom stereocenters. The molecule has 2 aromatic carbocycles. The molecule has 3 rings (SSSR count). The Morgan fingerprint density at radius 3 is 2.52 bits per heavy atom. The average Bonchev–Trinajstić information content (AvgIpc) is 2.88. The van der Waals surface area contributed by atoms with E-state index >= 15 is 0 Å². The molecule has 3 nitrogen and oxygen atoms in total. The molecule has 108 valence electrons. The van der Waals surface area contributed by atoms with Gasteiger partial charge in [-0.15, -0.1) is 0 Å². The van der Waals surface area contributed by atoms with Crippen molar-refractivity contribution < 1.29 is 4.74 Å². The largest absolute Gasteiger partial charge is 0.497 e. The molecule has 0 aliphatic rings. The first-order valence-electron chi connectivity index (χ1n) is 6.88. The molecule has 0 bridgehead atoms. The fraction of sp³-hybridized carbons (Fsp3) is 0.235. The van der Waals surface area contributed by atoms with Gasteiger partial charge < -0.3 is 9.72 Å². The van der Waals surface area contributed by atoms with Gasteiger partial charge in [0.2, 0.25) is 0 Å². The summed E-state index contributed by atoms with van der Waals surface area (Å²) in [6.45, 7) is 4.24. The number of imidazole rings is 1. The number of hydrogen-bond donors (Lipinski definition) is 1. The molecular formula is C17H18N2OS. The number of fused-ring (bicyclic) bond motifs is 1. The Morgan fingerprint density at radius 1 is 1.10 bits per heavy atom. The number of hydrogen-bond acceptors (Lipinski definition) is 3. The molecule has 0 aliphatic carbocycles. The van der Waals surface area contributed by atoms with Crippen LogP contribution in [0.5, 0.6) is 5.75 Å². The molecule has 0 spiro atoms. The smallest absolute Gasteiger partial charge is 0.166 e. The van der Waals surface area contributed by atoms with Crippen LogP contribution in [0.4, 0.5) is 0 Å². The second-order valence-electron chi connectivity index (χ2n) is 5.13. The number of aromatic nitrogens is 2. The number of rotatable bonds is 4. The zero-order valence-corrected chi connectivity index (χ0v) is 13.3. The number of methoxy groups -OCH3 is 1. The molecule has 1 aromatic heterocycles. The predicted octanol–water partition coefficient (Wildman–Crippen LogP) is 4.48. The van der Waals surface area contributed by atoms with E-state index in [0.29, 0.717) is 0 Å². The fourth-order valence-electron chi connectivity index (χ4n) is 2.19. The zero-order valence-electron chi connectivity index (χ0n) is 12.4. The predicted molar refractivity (Wildman–Crippen MR) is 88.1 cm³/mol. The van der Waals surface area contributed by atoms with E-state index in [-0.39, 0.29) is 0 Å². The molecular weight excluding hydrogens is 280 g/mol. The number of nitrogens with zero attached hydrogens (tertiary/aromatic N) is 1. The Hall–Kier alpha value is -1.94. The van der Waals surface area contributed by atoms with Crippen LogP contribution in [0.3, 0.4) is 0 Å². The second kappa shape index (κ2) is 5.82. The van der Waals surface area contributed by atoms with Gasteiger partial charge in [-0.1, -0.05) is 23.9 Å². The topological polar surface area (TPSA) is 37.9 Å². The van der Waals surface area contributed by atoms with Crippen LogP contribution in [0.15, 0.2) is 41.6 Å². The third-order valence-corrected chi connectivity index (χ3v) is 4.55. The van der Waals surface area contributed by atoms with Gasteiger partial charge >= 0.3 is 0 Å². The van der Waals surface area contributed by atoms with Gasteiger partial charge in [0.25, 0.3) is 0 Å². The van der Waals surface area contributed by atoms with E-state index < -0.39 is 0 Å². The number of H-pyrrole nitrogens is 1. The van der Waals surface area contributed by atoms with Gasteiger partial charge in [0.05, 0.1) is 18.1 Å². The quantitative estimate of drug-likeness (QED) is 0.722. The lowest BCUT2D eigenvalue weighted by Crippen LogP contribution is -1.84. The van der Waals surface area contributed by atoms with Crippen LogP contribution in [0.1, 0.15) is 16.7 Å². The Morgan fingerprint density at radius 2 is 1.81 bits per heavy atom. The minimum absolute atomic E-state index is 0.887. The van der Waals surface area contributed by atoms with Crippen molar-refractivity contribution in [2.75, 3.05) is 7.11 Å². The highest BCUT2D eigenvalue weighted by molar-refractivity contribution is 7.98. The van der Waals surface area contributed by atoms with E-state index in [1.165, 1.54) is 16.7 Å². The van der Waals surface area contributed by atoms with E-state index in [1.54, 1.807) is 18.9 Å². The summed E-state index contributed by atoms with van der Waals surface area (Å²) in [6, 6.07) is 12.4. The monoisotopic (exact) mass is 298 g/mol. The maximum atomic E-state index is 5.17. The number of benzene rings is 2. The van der Waals surface area contributed by atoms with Crippen molar-refractivity contribution >= 4 is 22.8 Å². The van der Waals surface area contributed by atoms with Crippen LogP contribution in [0, 0.1) is 13.8 Å². The SMILES string of the molecule is COc1ccc(CSc2nc3cc(C)c(C)cc3[nH]2)cc1. The minimum atomic E-state index is 0.887. The summed E-state index contributed by atoms with van der Waals surface area (Å²) in [4.78, 5) is 8.03. The number of aromatic amines is 1. The number of aryl methyl sites for hydroxylation is 2. The highest BCUT2D eigenvalue weighted by Crippen LogP contribution is 2.25. The van der Waals surface area contributed by atoms with Gasteiger partial charge in [-0.25, -0.2) is 4.98 Å². The van der Waals surface area contributed by atoms with Crippen molar-refractivity contribution in [3.63, 3.8) is 0 Å². The summed E-state index contributed by atoms with van der Waals surface area (Å²) in [7, 11) is 1.68. The lowest BCUT2D eigenvalue weighted by Gasteiger charge is -2.01. The van der Waals surface area contributed by atoms with Crippen LogP contribution in [-0.2, 0) is 5.75 Å². The Bertz CT molecular complexity index is 723. The molecule has 0 aliphatic heterocycles. The molecule has 0 saturated heterocycles. The molecule has 0 saturated carbocycles. The maximum absolute atomic E-state index is 5.17. The number of thioether (sulfide) groups is 1. The molecule has 0 amide bonds. The molecule has 0 fully saturated rings. The first-order chi connectivity index (χ1) is 10.2. The van der Waals surface area contributed by atoms with Crippen LogP contribution in [-0.4, -0.2) is 17.1 Å². The van der Waals surface area contributed by atoms with Crippen LogP contribution < -0.4 is 4.74 Å². The van der Waals surface area contributed by atoms with Crippen LogP contribution in [0.25, 0.3) is 11.0 Å². The van der Waals surface area contributed by atoms with Gasteiger partial charge in [-0.2, -0.15) is 0 Å². The van der Waals surface area contributed by atoms with Crippen molar-refractivity contribution in [1.82, 2.24) is 9.97 Å². The Kier molecular flexibility index (Phi) is 3.88. The van der Waals surface area contributed by atoms with Gasteiger partial charge in [0.15, 0.2) is 5.16 Å². The second-order valence-corrected chi connectivity index (χ2v) is 6.10. The lowest BCUT2D eigenvalue weighted by atomic mass is 10.1. The van der Waals surface area contributed by atoms with Crippen molar-refractivity contribution in [3.8, 4) is 5.75 Å². The standard InChI is InChI=1S/C17H18N2OS/c1-11-8-15-16(9-12(11)2)19-17(18-15)21-10-13-4-6-14(20-3)7-5-13/h4-9H,10H2,1-3H3,(H,18,19). The normalized spacial score (nSPS) is 11.0. The summed E-state index contributed by atoms with van der Waals surface area (Å²) in [5.41, 5.74) is 5.97. The van der Waals surface area contributed by atoms with Crippen LogP contribution >= 0.6 is 11.8 Å². The lowest BCUT2D eigenvalue weighted by molar-refractivity contribution is 0.414. The average molecular weight is 298 g/mol. The van der Waals surface area contributed by atoms with Crippen molar-refractivity contribution in [1.29, 1.82) is 0 Å². The highest BCUT2D eigenvalue weighted by Gasteiger charge is 2.06. The van der Waals surface area contributed by atoms with E-state index in [1.807, 2.05) is 12.1 Å². The molecule has 1 heterocycles. The van der Waals surface area contributed by atoms with E-state index in [0.717, 1.165) is 27.7 Å². The summed E-state index contributed by atoms with van der Waals surface area (Å²) < 4.78 is 5.17. The number of ether oxygens (including phenoxy) is 1. The molecule has 1 N–H and O–H groups in total. The molecule has 0 unspecified atom stereocenters. The van der Waals surface area contributed by atoms with Gasteiger partial charge in [0.1, 0.15) is 5.75 Å². The van der Waals surface area contributed by atoms with Gasteiger partial charge in [-0.05, 0) is 54.8 Å². The van der Waals surface area contributed by atoms with Gasteiger partial charge in [-0.3, -0.25) is 0 Å². The number of nitrogens with one attached hydrogen (secondary N) is 1. The fourth-order valence-corrected chi connectivity index (χ4v) is 3.03. The first-order valence-corrected chi connectivity index (χ1v) is 7.87. The van der Waals surface area contributed by atoms with Crippen molar-refractivity contribution in [2.24, 2.45) is 0 Å².